The molecule has 17 heavy (non-hydrogen) atoms. The van der Waals surface area contributed by atoms with Crippen molar-refractivity contribution >= 4 is 21.6 Å². The zero-order valence-electron chi connectivity index (χ0n) is 9.18. The van der Waals surface area contributed by atoms with Crippen LogP contribution in [0.3, 0.4) is 0 Å². The van der Waals surface area contributed by atoms with Crippen LogP contribution >= 0.6 is 15.9 Å². The molecule has 0 aliphatic heterocycles. The van der Waals surface area contributed by atoms with Crippen LogP contribution in [-0.2, 0) is 6.42 Å². The van der Waals surface area contributed by atoms with E-state index in [0.29, 0.717) is 0 Å². The first kappa shape index (κ1) is 10.5. The lowest BCUT2D eigenvalue weighted by Gasteiger charge is -2.02. The van der Waals surface area contributed by atoms with E-state index in [1.807, 2.05) is 24.4 Å². The summed E-state index contributed by atoms with van der Waals surface area (Å²) in [5, 5.41) is 0. The Labute approximate surface area is 108 Å². The standard InChI is InChI=1S/C14H11BrN2/c15-12-6-4-11(5-7-12)9-13-10-16-14-3-1-2-8-17(13)14/h1-8,10H,9H2. The molecule has 3 aromatic rings. The van der Waals surface area contributed by atoms with E-state index >= 15 is 0 Å². The number of rotatable bonds is 2. The third-order valence-corrected chi connectivity index (χ3v) is 3.32. The van der Waals surface area contributed by atoms with Crippen LogP contribution in [-0.4, -0.2) is 9.38 Å². The van der Waals surface area contributed by atoms with Gasteiger partial charge in [-0.2, -0.15) is 0 Å². The van der Waals surface area contributed by atoms with Gasteiger partial charge in [0.2, 0.25) is 0 Å². The summed E-state index contributed by atoms with van der Waals surface area (Å²) in [5.74, 6) is 0. The molecule has 0 amide bonds. The van der Waals surface area contributed by atoms with Gasteiger partial charge in [0.15, 0.2) is 0 Å². The number of imidazole rings is 1. The molecular formula is C14H11BrN2. The first-order valence-electron chi connectivity index (χ1n) is 5.48. The molecule has 0 atom stereocenters. The van der Waals surface area contributed by atoms with E-state index in [0.717, 1.165) is 16.5 Å². The number of nitrogens with zero attached hydrogens (tertiary/aromatic N) is 2. The first-order chi connectivity index (χ1) is 8.33. The van der Waals surface area contributed by atoms with Crippen molar-refractivity contribution in [3.8, 4) is 0 Å². The number of pyridine rings is 1. The van der Waals surface area contributed by atoms with Crippen LogP contribution in [0.15, 0.2) is 59.3 Å². The first-order valence-corrected chi connectivity index (χ1v) is 6.28. The van der Waals surface area contributed by atoms with Crippen molar-refractivity contribution in [2.75, 3.05) is 0 Å². The normalized spacial score (nSPS) is 10.9. The Morgan fingerprint density at radius 3 is 2.71 bits per heavy atom. The molecule has 84 valence electrons. The summed E-state index contributed by atoms with van der Waals surface area (Å²) in [6, 6.07) is 14.5. The van der Waals surface area contributed by atoms with Crippen LogP contribution in [0.2, 0.25) is 0 Å². The zero-order valence-corrected chi connectivity index (χ0v) is 10.8. The fourth-order valence-electron chi connectivity index (χ4n) is 1.93. The second kappa shape index (κ2) is 4.34. The zero-order chi connectivity index (χ0) is 11.7. The molecule has 2 nitrogen and oxygen atoms in total. The summed E-state index contributed by atoms with van der Waals surface area (Å²) in [6.45, 7) is 0. The summed E-state index contributed by atoms with van der Waals surface area (Å²) in [5.41, 5.74) is 3.50. The van der Waals surface area contributed by atoms with E-state index in [1.165, 1.54) is 11.3 Å². The Bertz CT molecular complexity index is 641. The predicted molar refractivity (Wildman–Crippen MR) is 72.1 cm³/mol. The maximum Gasteiger partial charge on any atom is 0.136 e. The van der Waals surface area contributed by atoms with E-state index < -0.39 is 0 Å². The van der Waals surface area contributed by atoms with Gasteiger partial charge in [0, 0.05) is 29.0 Å². The maximum atomic E-state index is 4.39. The average molecular weight is 287 g/mol. The van der Waals surface area contributed by atoms with Crippen molar-refractivity contribution in [2.24, 2.45) is 0 Å². The Morgan fingerprint density at radius 2 is 1.88 bits per heavy atom. The van der Waals surface area contributed by atoms with E-state index in [2.05, 4.69) is 55.8 Å². The second-order valence-electron chi connectivity index (χ2n) is 3.98. The second-order valence-corrected chi connectivity index (χ2v) is 4.90. The van der Waals surface area contributed by atoms with Gasteiger partial charge >= 0.3 is 0 Å². The van der Waals surface area contributed by atoms with Gasteiger partial charge in [-0.15, -0.1) is 0 Å². The van der Waals surface area contributed by atoms with Gasteiger partial charge in [0.25, 0.3) is 0 Å². The topological polar surface area (TPSA) is 17.3 Å². The summed E-state index contributed by atoms with van der Waals surface area (Å²) in [7, 11) is 0. The highest BCUT2D eigenvalue weighted by Gasteiger charge is 2.03. The largest absolute Gasteiger partial charge is 0.304 e. The number of fused-ring (bicyclic) bond motifs is 1. The molecule has 2 heterocycles. The Morgan fingerprint density at radius 1 is 1.06 bits per heavy atom. The molecule has 0 unspecified atom stereocenters. The van der Waals surface area contributed by atoms with Crippen molar-refractivity contribution in [1.29, 1.82) is 0 Å². The molecule has 0 bridgehead atoms. The van der Waals surface area contributed by atoms with Gasteiger partial charge in [-0.1, -0.05) is 34.1 Å². The van der Waals surface area contributed by atoms with Gasteiger partial charge in [0.05, 0.1) is 0 Å². The average Bonchev–Trinajstić information content (AvgIpc) is 2.76. The molecule has 0 aliphatic carbocycles. The summed E-state index contributed by atoms with van der Waals surface area (Å²) >= 11 is 3.45. The number of hydrogen-bond donors (Lipinski definition) is 0. The van der Waals surface area contributed by atoms with Crippen molar-refractivity contribution in [2.45, 2.75) is 6.42 Å². The summed E-state index contributed by atoms with van der Waals surface area (Å²) in [4.78, 5) is 4.39. The monoisotopic (exact) mass is 286 g/mol. The van der Waals surface area contributed by atoms with Gasteiger partial charge in [-0.25, -0.2) is 4.98 Å². The van der Waals surface area contributed by atoms with Crippen molar-refractivity contribution in [1.82, 2.24) is 9.38 Å². The fourth-order valence-corrected chi connectivity index (χ4v) is 2.19. The number of halogens is 1. The lowest BCUT2D eigenvalue weighted by atomic mass is 10.1. The van der Waals surface area contributed by atoms with Gasteiger partial charge in [0.1, 0.15) is 5.65 Å². The van der Waals surface area contributed by atoms with Crippen molar-refractivity contribution in [3.05, 3.63) is 70.6 Å². The smallest absolute Gasteiger partial charge is 0.136 e. The third kappa shape index (κ3) is 2.11. The van der Waals surface area contributed by atoms with Crippen molar-refractivity contribution in [3.63, 3.8) is 0 Å². The quantitative estimate of drug-likeness (QED) is 0.702. The number of hydrogen-bond acceptors (Lipinski definition) is 1. The van der Waals surface area contributed by atoms with Gasteiger partial charge in [-0.3, -0.25) is 0 Å². The van der Waals surface area contributed by atoms with E-state index in [1.54, 1.807) is 0 Å². The van der Waals surface area contributed by atoms with Crippen LogP contribution in [0.25, 0.3) is 5.65 Å². The Kier molecular flexibility index (Phi) is 2.69. The van der Waals surface area contributed by atoms with Crippen LogP contribution in [0.1, 0.15) is 11.3 Å². The molecule has 1 aromatic carbocycles. The highest BCUT2D eigenvalue weighted by atomic mass is 79.9. The Hall–Kier alpha value is -1.61. The number of aromatic nitrogens is 2. The third-order valence-electron chi connectivity index (χ3n) is 2.79. The van der Waals surface area contributed by atoms with Crippen LogP contribution in [0.5, 0.6) is 0 Å². The molecule has 0 fully saturated rings. The minimum absolute atomic E-state index is 0.901. The van der Waals surface area contributed by atoms with Gasteiger partial charge in [-0.05, 0) is 29.8 Å². The molecule has 0 aliphatic rings. The molecule has 3 heteroatoms. The minimum atomic E-state index is 0.901. The lowest BCUT2D eigenvalue weighted by molar-refractivity contribution is 1.03. The highest BCUT2D eigenvalue weighted by molar-refractivity contribution is 9.10. The van der Waals surface area contributed by atoms with Crippen molar-refractivity contribution < 1.29 is 0 Å². The summed E-state index contributed by atoms with van der Waals surface area (Å²) < 4.78 is 3.24. The Balaban J connectivity index is 1.97. The van der Waals surface area contributed by atoms with Crippen LogP contribution < -0.4 is 0 Å². The molecule has 2 aromatic heterocycles. The maximum absolute atomic E-state index is 4.39. The predicted octanol–water partition coefficient (Wildman–Crippen LogP) is 3.69. The van der Waals surface area contributed by atoms with Gasteiger partial charge < -0.3 is 4.40 Å². The fraction of sp³-hybridized carbons (Fsp3) is 0.0714. The molecule has 0 spiro atoms. The lowest BCUT2D eigenvalue weighted by Crippen LogP contribution is -1.93. The van der Waals surface area contributed by atoms with E-state index in [9.17, 15) is 0 Å². The summed E-state index contributed by atoms with van der Waals surface area (Å²) in [6.07, 6.45) is 4.90. The molecule has 0 N–H and O–H groups in total. The highest BCUT2D eigenvalue weighted by Crippen LogP contribution is 2.15. The molecule has 3 rings (SSSR count). The molecule has 0 radical (unpaired) electrons. The van der Waals surface area contributed by atoms with E-state index in [-0.39, 0.29) is 0 Å². The van der Waals surface area contributed by atoms with Crippen LogP contribution in [0, 0.1) is 0 Å². The SMILES string of the molecule is Brc1ccc(Cc2cnc3ccccn23)cc1. The minimum Gasteiger partial charge on any atom is -0.304 e. The molecular weight excluding hydrogens is 276 g/mol. The van der Waals surface area contributed by atoms with E-state index in [4.69, 9.17) is 0 Å². The molecule has 0 saturated heterocycles. The number of benzene rings is 1. The van der Waals surface area contributed by atoms with Crippen LogP contribution in [0.4, 0.5) is 0 Å². The molecule has 0 saturated carbocycles.